The molecule has 0 radical (unpaired) electrons. The Kier molecular flexibility index (Phi) is 7.46. The molecule has 0 spiro atoms. The maximum Gasteiger partial charge on any atom is 0.120 e. The van der Waals surface area contributed by atoms with Crippen LogP contribution in [0.1, 0.15) is 32.3 Å². The molecule has 0 aliphatic carbocycles. The Morgan fingerprint density at radius 2 is 2.06 bits per heavy atom. The zero-order valence-electron chi connectivity index (χ0n) is 11.7. The van der Waals surface area contributed by atoms with Gasteiger partial charge in [0.2, 0.25) is 0 Å². The first-order valence-corrected chi connectivity index (χ1v) is 6.67. The maximum absolute atomic E-state index is 5.67. The van der Waals surface area contributed by atoms with Crippen molar-refractivity contribution in [3.05, 3.63) is 29.8 Å². The summed E-state index contributed by atoms with van der Waals surface area (Å²) >= 11 is 0. The van der Waals surface area contributed by atoms with Gasteiger partial charge in [-0.2, -0.15) is 0 Å². The van der Waals surface area contributed by atoms with E-state index in [9.17, 15) is 0 Å². The van der Waals surface area contributed by atoms with E-state index in [-0.39, 0.29) is 6.10 Å². The van der Waals surface area contributed by atoms with Crippen LogP contribution in [0.2, 0.25) is 0 Å². The van der Waals surface area contributed by atoms with Gasteiger partial charge < -0.3 is 14.8 Å². The second-order valence-electron chi connectivity index (χ2n) is 4.69. The quantitative estimate of drug-likeness (QED) is 0.684. The average Bonchev–Trinajstić information content (AvgIpc) is 2.33. The fourth-order valence-electron chi connectivity index (χ4n) is 1.73. The Morgan fingerprint density at radius 3 is 2.78 bits per heavy atom. The van der Waals surface area contributed by atoms with E-state index in [0.717, 1.165) is 38.3 Å². The molecular weight excluding hydrogens is 226 g/mol. The van der Waals surface area contributed by atoms with E-state index < -0.39 is 0 Å². The molecule has 1 aromatic rings. The summed E-state index contributed by atoms with van der Waals surface area (Å²) in [7, 11) is 1.74. The van der Waals surface area contributed by atoms with Crippen molar-refractivity contribution in [2.45, 2.75) is 39.3 Å². The van der Waals surface area contributed by atoms with Gasteiger partial charge in [-0.25, -0.2) is 0 Å². The van der Waals surface area contributed by atoms with E-state index in [1.54, 1.807) is 7.11 Å². The van der Waals surface area contributed by atoms with Crippen molar-refractivity contribution >= 4 is 0 Å². The van der Waals surface area contributed by atoms with Gasteiger partial charge in [-0.05, 0) is 50.9 Å². The van der Waals surface area contributed by atoms with E-state index in [1.165, 1.54) is 5.56 Å². The van der Waals surface area contributed by atoms with Crippen molar-refractivity contribution in [1.82, 2.24) is 5.32 Å². The lowest BCUT2D eigenvalue weighted by Crippen LogP contribution is -2.15. The molecule has 0 amide bonds. The number of ether oxygens (including phenoxy) is 2. The average molecular weight is 251 g/mol. The predicted molar refractivity (Wildman–Crippen MR) is 75.0 cm³/mol. The van der Waals surface area contributed by atoms with E-state index in [2.05, 4.69) is 17.4 Å². The third-order valence-electron chi connectivity index (χ3n) is 2.55. The van der Waals surface area contributed by atoms with Crippen molar-refractivity contribution in [3.63, 3.8) is 0 Å². The van der Waals surface area contributed by atoms with Crippen LogP contribution in [0.15, 0.2) is 24.3 Å². The second-order valence-corrected chi connectivity index (χ2v) is 4.69. The molecule has 0 bridgehead atoms. The number of nitrogens with one attached hydrogen (secondary N) is 1. The number of rotatable bonds is 9. The highest BCUT2D eigenvalue weighted by atomic mass is 16.5. The Bertz CT molecular complexity index is 326. The molecule has 0 fully saturated rings. The lowest BCUT2D eigenvalue weighted by Gasteiger charge is -2.11. The molecule has 0 unspecified atom stereocenters. The summed E-state index contributed by atoms with van der Waals surface area (Å²) in [6, 6.07) is 8.26. The van der Waals surface area contributed by atoms with E-state index in [0.29, 0.717) is 0 Å². The zero-order valence-corrected chi connectivity index (χ0v) is 11.7. The van der Waals surface area contributed by atoms with Crippen molar-refractivity contribution in [1.29, 1.82) is 0 Å². The summed E-state index contributed by atoms with van der Waals surface area (Å²) in [6.07, 6.45) is 2.48. The van der Waals surface area contributed by atoms with Crippen LogP contribution >= 0.6 is 0 Å². The standard InChI is InChI=1S/C15H25NO2/c1-13(2)18-15-8-6-7-14(11-15)12-16-9-4-5-10-17-3/h6-8,11,13,16H,4-5,9-10,12H2,1-3H3. The molecule has 0 aromatic heterocycles. The van der Waals surface area contributed by atoms with Crippen LogP contribution in [0.25, 0.3) is 0 Å². The van der Waals surface area contributed by atoms with Crippen LogP contribution in [0.3, 0.4) is 0 Å². The fraction of sp³-hybridized carbons (Fsp3) is 0.600. The molecule has 1 rings (SSSR count). The van der Waals surface area contributed by atoms with Crippen LogP contribution < -0.4 is 10.1 Å². The highest BCUT2D eigenvalue weighted by molar-refractivity contribution is 5.28. The Balaban J connectivity index is 2.25. The van der Waals surface area contributed by atoms with Crippen LogP contribution in [-0.2, 0) is 11.3 Å². The molecule has 1 aromatic carbocycles. The lowest BCUT2D eigenvalue weighted by molar-refractivity contribution is 0.192. The number of hydrogen-bond donors (Lipinski definition) is 1. The minimum absolute atomic E-state index is 0.224. The minimum Gasteiger partial charge on any atom is -0.491 e. The molecular formula is C15H25NO2. The predicted octanol–water partition coefficient (Wildman–Crippen LogP) is 2.99. The number of methoxy groups -OCH3 is 1. The minimum atomic E-state index is 0.224. The first-order chi connectivity index (χ1) is 8.72. The maximum atomic E-state index is 5.67. The Morgan fingerprint density at radius 1 is 1.22 bits per heavy atom. The third-order valence-corrected chi connectivity index (χ3v) is 2.55. The molecule has 0 aliphatic heterocycles. The highest BCUT2D eigenvalue weighted by Crippen LogP contribution is 2.14. The van der Waals surface area contributed by atoms with Gasteiger partial charge >= 0.3 is 0 Å². The fourth-order valence-corrected chi connectivity index (χ4v) is 1.73. The monoisotopic (exact) mass is 251 g/mol. The first kappa shape index (κ1) is 15.0. The van der Waals surface area contributed by atoms with Gasteiger partial charge in [-0.15, -0.1) is 0 Å². The molecule has 0 aliphatic rings. The smallest absolute Gasteiger partial charge is 0.120 e. The zero-order chi connectivity index (χ0) is 13.2. The van der Waals surface area contributed by atoms with Crippen molar-refractivity contribution in [2.75, 3.05) is 20.3 Å². The van der Waals surface area contributed by atoms with Crippen LogP contribution in [0.5, 0.6) is 5.75 Å². The van der Waals surface area contributed by atoms with Gasteiger partial charge in [0.15, 0.2) is 0 Å². The summed E-state index contributed by atoms with van der Waals surface area (Å²) in [5.41, 5.74) is 1.26. The molecule has 3 heteroatoms. The molecule has 0 heterocycles. The van der Waals surface area contributed by atoms with Crippen LogP contribution in [-0.4, -0.2) is 26.4 Å². The second kappa shape index (κ2) is 8.95. The van der Waals surface area contributed by atoms with E-state index >= 15 is 0 Å². The van der Waals surface area contributed by atoms with Crippen molar-refractivity contribution in [3.8, 4) is 5.75 Å². The Hall–Kier alpha value is -1.06. The van der Waals surface area contributed by atoms with Gasteiger partial charge in [0.1, 0.15) is 5.75 Å². The topological polar surface area (TPSA) is 30.5 Å². The summed E-state index contributed by atoms with van der Waals surface area (Å²) in [6.45, 7) is 6.85. The molecule has 102 valence electrons. The lowest BCUT2D eigenvalue weighted by atomic mass is 10.2. The molecule has 0 atom stereocenters. The van der Waals surface area contributed by atoms with Gasteiger partial charge in [0.05, 0.1) is 6.10 Å². The number of hydrogen-bond acceptors (Lipinski definition) is 3. The van der Waals surface area contributed by atoms with Crippen molar-refractivity contribution < 1.29 is 9.47 Å². The largest absolute Gasteiger partial charge is 0.491 e. The summed E-state index contributed by atoms with van der Waals surface area (Å²) in [4.78, 5) is 0. The number of unbranched alkanes of at least 4 members (excludes halogenated alkanes) is 1. The number of benzene rings is 1. The third kappa shape index (κ3) is 6.62. The normalized spacial score (nSPS) is 10.9. The van der Waals surface area contributed by atoms with Crippen LogP contribution in [0.4, 0.5) is 0 Å². The van der Waals surface area contributed by atoms with Gasteiger partial charge in [0, 0.05) is 20.3 Å². The van der Waals surface area contributed by atoms with Crippen LogP contribution in [0, 0.1) is 0 Å². The Labute approximate surface area is 110 Å². The highest BCUT2D eigenvalue weighted by Gasteiger charge is 1.99. The van der Waals surface area contributed by atoms with Gasteiger partial charge in [-0.1, -0.05) is 12.1 Å². The van der Waals surface area contributed by atoms with Gasteiger partial charge in [-0.3, -0.25) is 0 Å². The molecule has 1 N–H and O–H groups in total. The van der Waals surface area contributed by atoms with Gasteiger partial charge in [0.25, 0.3) is 0 Å². The molecule has 0 saturated heterocycles. The summed E-state index contributed by atoms with van der Waals surface area (Å²) < 4.78 is 10.7. The van der Waals surface area contributed by atoms with E-state index in [4.69, 9.17) is 9.47 Å². The summed E-state index contributed by atoms with van der Waals surface area (Å²) in [5, 5.41) is 3.43. The summed E-state index contributed by atoms with van der Waals surface area (Å²) in [5.74, 6) is 0.948. The SMILES string of the molecule is COCCCCNCc1cccc(OC(C)C)c1. The first-order valence-electron chi connectivity index (χ1n) is 6.67. The van der Waals surface area contributed by atoms with E-state index in [1.807, 2.05) is 26.0 Å². The molecule has 0 saturated carbocycles. The molecule has 3 nitrogen and oxygen atoms in total. The van der Waals surface area contributed by atoms with Crippen molar-refractivity contribution in [2.24, 2.45) is 0 Å². The molecule has 18 heavy (non-hydrogen) atoms.